The zero-order valence-electron chi connectivity index (χ0n) is 6.10. The molecule has 0 N–H and O–H groups in total. The molecule has 1 atom stereocenters. The Hall–Kier alpha value is 0.360. The predicted molar refractivity (Wildman–Crippen MR) is 49.0 cm³/mol. The third-order valence-electron chi connectivity index (χ3n) is 1.28. The second-order valence-electron chi connectivity index (χ2n) is 2.07. The molecule has 0 aromatic carbocycles. The molecule has 0 heterocycles. The number of hydrogen-bond acceptors (Lipinski definition) is 2. The minimum atomic E-state index is -0.616. The van der Waals surface area contributed by atoms with Crippen molar-refractivity contribution in [1.82, 2.24) is 0 Å². The SMILES string of the molecule is [CH2]CCCC(I)(C=O)OC. The summed E-state index contributed by atoms with van der Waals surface area (Å²) < 4.78 is 4.36. The molecule has 1 unspecified atom stereocenters. The van der Waals surface area contributed by atoms with Crippen molar-refractivity contribution >= 4 is 28.9 Å². The largest absolute Gasteiger partial charge is 0.361 e. The van der Waals surface area contributed by atoms with Crippen LogP contribution in [0.15, 0.2) is 0 Å². The quantitative estimate of drug-likeness (QED) is 0.426. The van der Waals surface area contributed by atoms with Crippen molar-refractivity contribution in [3.05, 3.63) is 6.92 Å². The van der Waals surface area contributed by atoms with Gasteiger partial charge in [0.25, 0.3) is 0 Å². The van der Waals surface area contributed by atoms with Gasteiger partial charge >= 0.3 is 0 Å². The van der Waals surface area contributed by atoms with E-state index in [1.807, 2.05) is 22.6 Å². The van der Waals surface area contributed by atoms with Crippen LogP contribution in [-0.2, 0) is 9.53 Å². The second-order valence-corrected chi connectivity index (χ2v) is 3.89. The van der Waals surface area contributed by atoms with E-state index in [4.69, 9.17) is 4.74 Å². The fourth-order valence-corrected chi connectivity index (χ4v) is 0.957. The Morgan fingerprint density at radius 2 is 2.40 bits per heavy atom. The summed E-state index contributed by atoms with van der Waals surface area (Å²) in [6.45, 7) is 3.68. The van der Waals surface area contributed by atoms with Crippen LogP contribution < -0.4 is 0 Å². The molecular weight excluding hydrogens is 243 g/mol. The van der Waals surface area contributed by atoms with Gasteiger partial charge in [-0.05, 0) is 35.4 Å². The van der Waals surface area contributed by atoms with E-state index < -0.39 is 3.61 Å². The number of aldehydes is 1. The van der Waals surface area contributed by atoms with Crippen molar-refractivity contribution in [1.29, 1.82) is 0 Å². The summed E-state index contributed by atoms with van der Waals surface area (Å²) >= 11 is 2.01. The second kappa shape index (κ2) is 5.07. The lowest BCUT2D eigenvalue weighted by Gasteiger charge is -2.17. The molecule has 0 bridgehead atoms. The van der Waals surface area contributed by atoms with Gasteiger partial charge in [0.2, 0.25) is 0 Å². The third kappa shape index (κ3) is 3.51. The van der Waals surface area contributed by atoms with Crippen LogP contribution in [0.1, 0.15) is 19.3 Å². The molecule has 0 aromatic heterocycles. The van der Waals surface area contributed by atoms with Crippen LogP contribution in [-0.4, -0.2) is 17.0 Å². The number of carbonyl (C=O) groups excluding carboxylic acids is 1. The number of methoxy groups -OCH3 is 1. The van der Waals surface area contributed by atoms with E-state index >= 15 is 0 Å². The third-order valence-corrected chi connectivity index (χ3v) is 2.52. The van der Waals surface area contributed by atoms with Gasteiger partial charge in [-0.25, -0.2) is 0 Å². The summed E-state index contributed by atoms with van der Waals surface area (Å²) in [5, 5.41) is 0. The number of rotatable bonds is 5. The Morgan fingerprint density at radius 3 is 2.70 bits per heavy atom. The molecule has 1 radical (unpaired) electrons. The molecule has 59 valence electrons. The molecule has 3 heteroatoms. The maximum Gasteiger partial charge on any atom is 0.173 e. The van der Waals surface area contributed by atoms with Crippen molar-refractivity contribution < 1.29 is 9.53 Å². The van der Waals surface area contributed by atoms with E-state index in [1.54, 1.807) is 7.11 Å². The van der Waals surface area contributed by atoms with Crippen molar-refractivity contribution in [3.63, 3.8) is 0 Å². The molecule has 0 amide bonds. The highest BCUT2D eigenvalue weighted by atomic mass is 127. The van der Waals surface area contributed by atoms with Crippen LogP contribution in [0.2, 0.25) is 0 Å². The van der Waals surface area contributed by atoms with E-state index in [2.05, 4.69) is 6.92 Å². The molecule has 10 heavy (non-hydrogen) atoms. The number of unbranched alkanes of at least 4 members (excludes halogenated alkanes) is 1. The highest BCUT2D eigenvalue weighted by Gasteiger charge is 2.23. The smallest absolute Gasteiger partial charge is 0.173 e. The molecule has 0 saturated carbocycles. The van der Waals surface area contributed by atoms with Crippen molar-refractivity contribution in [3.8, 4) is 0 Å². The number of halogens is 1. The van der Waals surface area contributed by atoms with Gasteiger partial charge in [0.15, 0.2) is 9.89 Å². The van der Waals surface area contributed by atoms with Crippen LogP contribution in [0.3, 0.4) is 0 Å². The first kappa shape index (κ1) is 10.4. The zero-order chi connectivity index (χ0) is 8.04. The van der Waals surface area contributed by atoms with Crippen LogP contribution in [0, 0.1) is 6.92 Å². The lowest BCUT2D eigenvalue weighted by Crippen LogP contribution is -2.24. The maximum absolute atomic E-state index is 10.4. The summed E-state index contributed by atoms with van der Waals surface area (Å²) in [5.74, 6) is 0. The van der Waals surface area contributed by atoms with Crippen LogP contribution >= 0.6 is 22.6 Å². The summed E-state index contributed by atoms with van der Waals surface area (Å²) in [6, 6.07) is 0. The molecule has 0 aromatic rings. The molecule has 2 nitrogen and oxygen atoms in total. The lowest BCUT2D eigenvalue weighted by molar-refractivity contribution is -0.118. The molecule has 0 aliphatic heterocycles. The van der Waals surface area contributed by atoms with E-state index in [0.29, 0.717) is 0 Å². The molecule has 0 rings (SSSR count). The van der Waals surface area contributed by atoms with Gasteiger partial charge in [0.05, 0.1) is 0 Å². The first-order chi connectivity index (χ1) is 4.68. The Balaban J connectivity index is 3.68. The number of alkyl halides is 1. The average molecular weight is 255 g/mol. The number of carbonyl (C=O) groups is 1. The number of ether oxygens (including phenoxy) is 1. The lowest BCUT2D eigenvalue weighted by atomic mass is 10.2. The van der Waals surface area contributed by atoms with Gasteiger partial charge in [0.1, 0.15) is 0 Å². The minimum absolute atomic E-state index is 0.616. The minimum Gasteiger partial charge on any atom is -0.361 e. The van der Waals surface area contributed by atoms with Crippen LogP contribution in [0.4, 0.5) is 0 Å². The molecule has 0 spiro atoms. The van der Waals surface area contributed by atoms with Crippen molar-refractivity contribution in [2.45, 2.75) is 22.9 Å². The first-order valence-corrected chi connectivity index (χ1v) is 4.26. The van der Waals surface area contributed by atoms with Gasteiger partial charge in [-0.15, -0.1) is 0 Å². The first-order valence-electron chi connectivity index (χ1n) is 3.18. The van der Waals surface area contributed by atoms with Crippen molar-refractivity contribution in [2.75, 3.05) is 7.11 Å². The van der Waals surface area contributed by atoms with Gasteiger partial charge in [-0.1, -0.05) is 13.3 Å². The summed E-state index contributed by atoms with van der Waals surface area (Å²) in [4.78, 5) is 10.4. The van der Waals surface area contributed by atoms with Gasteiger partial charge in [0, 0.05) is 7.11 Å². The highest BCUT2D eigenvalue weighted by Crippen LogP contribution is 2.23. The fourth-order valence-electron chi connectivity index (χ4n) is 0.575. The standard InChI is InChI=1S/C7H12IO2/c1-3-4-5-7(8,6-9)10-2/h6H,1,3-5H2,2H3. The number of hydrogen-bond donors (Lipinski definition) is 0. The average Bonchev–Trinajstić information content (AvgIpc) is 2.00. The van der Waals surface area contributed by atoms with Crippen molar-refractivity contribution in [2.24, 2.45) is 0 Å². The van der Waals surface area contributed by atoms with Crippen LogP contribution in [0.5, 0.6) is 0 Å². The fraction of sp³-hybridized carbons (Fsp3) is 0.714. The summed E-state index contributed by atoms with van der Waals surface area (Å²) in [7, 11) is 1.55. The molecule has 0 aliphatic carbocycles. The van der Waals surface area contributed by atoms with Gasteiger partial charge in [-0.3, -0.25) is 4.79 Å². The molecular formula is C7H12IO2. The van der Waals surface area contributed by atoms with E-state index in [9.17, 15) is 4.79 Å². The van der Waals surface area contributed by atoms with Crippen LogP contribution in [0.25, 0.3) is 0 Å². The molecule has 0 fully saturated rings. The topological polar surface area (TPSA) is 26.3 Å². The Labute approximate surface area is 75.5 Å². The monoisotopic (exact) mass is 255 g/mol. The predicted octanol–water partition coefficient (Wildman–Crippen LogP) is 1.97. The van der Waals surface area contributed by atoms with E-state index in [-0.39, 0.29) is 0 Å². The Bertz CT molecular complexity index is 106. The summed E-state index contributed by atoms with van der Waals surface area (Å²) in [5.41, 5.74) is 0. The Kier molecular flexibility index (Phi) is 5.25. The molecule has 0 aliphatic rings. The highest BCUT2D eigenvalue weighted by molar-refractivity contribution is 14.1. The molecule has 0 saturated heterocycles. The summed E-state index contributed by atoms with van der Waals surface area (Å²) in [6.07, 6.45) is 3.36. The Morgan fingerprint density at radius 1 is 1.80 bits per heavy atom. The normalized spacial score (nSPS) is 16.3. The van der Waals surface area contributed by atoms with Gasteiger partial charge in [-0.2, -0.15) is 0 Å². The van der Waals surface area contributed by atoms with Gasteiger partial charge < -0.3 is 4.74 Å². The maximum atomic E-state index is 10.4. The van der Waals surface area contributed by atoms with E-state index in [1.165, 1.54) is 0 Å². The van der Waals surface area contributed by atoms with E-state index in [0.717, 1.165) is 25.5 Å². The zero-order valence-corrected chi connectivity index (χ0v) is 8.26.